The predicted molar refractivity (Wildman–Crippen MR) is 41.9 cm³/mol. The molecule has 0 aromatic heterocycles. The van der Waals surface area contributed by atoms with Crippen LogP contribution in [0.5, 0.6) is 0 Å². The topological polar surface area (TPSA) is 6.48 Å². The molecule has 50 valence electrons. The number of hydrogen-bond donors (Lipinski definition) is 0. The van der Waals surface area contributed by atoms with Crippen LogP contribution in [0.15, 0.2) is 0 Å². The van der Waals surface area contributed by atoms with Gasteiger partial charge in [0, 0.05) is 0 Å². The molecule has 0 atom stereocenters. The SMILES string of the molecule is [CH2]=[Al][N]1CCN(C)CC1. The van der Waals surface area contributed by atoms with Gasteiger partial charge >= 0.3 is 62.4 Å². The van der Waals surface area contributed by atoms with Crippen molar-refractivity contribution in [2.75, 3.05) is 33.2 Å². The van der Waals surface area contributed by atoms with Crippen LogP contribution < -0.4 is 0 Å². The summed E-state index contributed by atoms with van der Waals surface area (Å²) >= 11 is 0.328. The molecular formula is C6H13AlN2. The van der Waals surface area contributed by atoms with Crippen molar-refractivity contribution in [3.8, 4) is 0 Å². The van der Waals surface area contributed by atoms with E-state index in [1.807, 2.05) is 0 Å². The quantitative estimate of drug-likeness (QED) is 0.444. The van der Waals surface area contributed by atoms with Crippen molar-refractivity contribution >= 4 is 20.4 Å². The first-order chi connectivity index (χ1) is 4.33. The third kappa shape index (κ3) is 2.10. The Balaban J connectivity index is 2.26. The molecule has 0 spiro atoms. The average molecular weight is 140 g/mol. The number of piperazine rings is 1. The van der Waals surface area contributed by atoms with Crippen molar-refractivity contribution in [3.63, 3.8) is 0 Å². The molecule has 0 aromatic carbocycles. The zero-order valence-corrected chi connectivity index (χ0v) is 7.16. The molecule has 0 N–H and O–H groups in total. The van der Waals surface area contributed by atoms with Crippen LogP contribution in [0.25, 0.3) is 0 Å². The van der Waals surface area contributed by atoms with Crippen molar-refractivity contribution < 1.29 is 0 Å². The third-order valence-corrected chi connectivity index (χ3v) is 2.83. The molecule has 1 rings (SSSR count). The number of hydrogen-bond acceptors (Lipinski definition) is 2. The van der Waals surface area contributed by atoms with E-state index < -0.39 is 0 Å². The number of rotatable bonds is 1. The molecule has 0 bridgehead atoms. The predicted octanol–water partition coefficient (Wildman–Crippen LogP) is -0.715. The molecular weight excluding hydrogens is 127 g/mol. The molecule has 0 amide bonds. The Morgan fingerprint density at radius 3 is 2.22 bits per heavy atom. The molecule has 9 heavy (non-hydrogen) atoms. The second-order valence-corrected chi connectivity index (χ2v) is 3.62. The van der Waals surface area contributed by atoms with Crippen LogP contribution in [0.2, 0.25) is 0 Å². The molecule has 0 unspecified atom stereocenters. The van der Waals surface area contributed by atoms with Gasteiger partial charge < -0.3 is 0 Å². The minimum atomic E-state index is 0.328. The minimum absolute atomic E-state index is 0.328. The van der Waals surface area contributed by atoms with Crippen molar-refractivity contribution in [2.45, 2.75) is 0 Å². The Labute approximate surface area is 62.9 Å². The molecule has 1 saturated heterocycles. The van der Waals surface area contributed by atoms with Crippen LogP contribution in [0.1, 0.15) is 0 Å². The summed E-state index contributed by atoms with van der Waals surface area (Å²) < 4.78 is 2.46. The summed E-state index contributed by atoms with van der Waals surface area (Å²) in [5.41, 5.74) is 0. The Kier molecular flexibility index (Phi) is 2.72. The maximum absolute atomic E-state index is 3.93. The van der Waals surface area contributed by atoms with Crippen molar-refractivity contribution in [2.24, 2.45) is 0 Å². The normalized spacial score (nSPS) is 21.7. The molecule has 0 aliphatic carbocycles. The molecule has 0 saturated carbocycles. The van der Waals surface area contributed by atoms with E-state index in [0.29, 0.717) is 15.0 Å². The zero-order valence-electron chi connectivity index (χ0n) is 6.01. The van der Waals surface area contributed by atoms with E-state index in [2.05, 4.69) is 21.2 Å². The summed E-state index contributed by atoms with van der Waals surface area (Å²) in [5.74, 6) is 0. The van der Waals surface area contributed by atoms with E-state index in [9.17, 15) is 0 Å². The molecule has 1 heterocycles. The van der Waals surface area contributed by atoms with E-state index in [4.69, 9.17) is 0 Å². The first-order valence-electron chi connectivity index (χ1n) is 3.38. The maximum atomic E-state index is 3.93. The zero-order chi connectivity index (χ0) is 6.69. The van der Waals surface area contributed by atoms with Crippen LogP contribution in [0, 0.1) is 0 Å². The van der Waals surface area contributed by atoms with Gasteiger partial charge in [0.05, 0.1) is 0 Å². The second kappa shape index (κ2) is 3.36. The second-order valence-electron chi connectivity index (χ2n) is 2.52. The summed E-state index contributed by atoms with van der Waals surface area (Å²) in [6.45, 7) is 4.91. The van der Waals surface area contributed by atoms with Gasteiger partial charge in [0.15, 0.2) is 0 Å². The fraction of sp³-hybridized carbons (Fsp3) is 0.833. The van der Waals surface area contributed by atoms with E-state index in [0.717, 1.165) is 0 Å². The van der Waals surface area contributed by atoms with Crippen molar-refractivity contribution in [3.05, 3.63) is 0 Å². The van der Waals surface area contributed by atoms with E-state index in [1.54, 1.807) is 0 Å². The van der Waals surface area contributed by atoms with E-state index >= 15 is 0 Å². The van der Waals surface area contributed by atoms with E-state index in [1.165, 1.54) is 26.2 Å². The number of nitrogens with zero attached hydrogens (tertiary/aromatic N) is 2. The molecule has 2 nitrogen and oxygen atoms in total. The first kappa shape index (κ1) is 7.27. The molecule has 0 radical (unpaired) electrons. The van der Waals surface area contributed by atoms with Crippen LogP contribution in [-0.2, 0) is 0 Å². The van der Waals surface area contributed by atoms with Gasteiger partial charge in [-0.2, -0.15) is 0 Å². The number of likely N-dealkylation sites (N-methyl/N-ethyl adjacent to an activating group) is 1. The molecule has 0 aromatic rings. The summed E-state index contributed by atoms with van der Waals surface area (Å²) in [6, 6.07) is 0. The summed E-state index contributed by atoms with van der Waals surface area (Å²) in [4.78, 5) is 2.37. The monoisotopic (exact) mass is 140 g/mol. The van der Waals surface area contributed by atoms with E-state index in [-0.39, 0.29) is 0 Å². The van der Waals surface area contributed by atoms with Gasteiger partial charge in [-0.1, -0.05) is 0 Å². The van der Waals surface area contributed by atoms with Crippen LogP contribution >= 0.6 is 0 Å². The van der Waals surface area contributed by atoms with Crippen LogP contribution in [0.4, 0.5) is 0 Å². The summed E-state index contributed by atoms with van der Waals surface area (Å²) in [5, 5.41) is 3.93. The third-order valence-electron chi connectivity index (χ3n) is 1.80. The standard InChI is InChI=1S/C5H11N2.CH2.Al/c1-7-4-2-6-3-5-7;;/h2-5H2,1H3;1H2;/q-1;;+1. The molecule has 1 fully saturated rings. The first-order valence-corrected chi connectivity index (χ1v) is 4.71. The van der Waals surface area contributed by atoms with Crippen LogP contribution in [-0.4, -0.2) is 62.4 Å². The summed E-state index contributed by atoms with van der Waals surface area (Å²) in [7, 11) is 2.18. The Morgan fingerprint density at radius 1 is 1.22 bits per heavy atom. The Hall–Kier alpha value is 0.162. The Morgan fingerprint density at radius 2 is 1.78 bits per heavy atom. The van der Waals surface area contributed by atoms with Gasteiger partial charge in [-0.05, 0) is 0 Å². The molecule has 1 aliphatic heterocycles. The average Bonchev–Trinajstić information content (AvgIpc) is 1.90. The van der Waals surface area contributed by atoms with Gasteiger partial charge in [0.2, 0.25) is 0 Å². The summed E-state index contributed by atoms with van der Waals surface area (Å²) in [6.07, 6.45) is 0. The van der Waals surface area contributed by atoms with Crippen LogP contribution in [0.3, 0.4) is 0 Å². The fourth-order valence-electron chi connectivity index (χ4n) is 1.00. The molecule has 3 heteroatoms. The van der Waals surface area contributed by atoms with Gasteiger partial charge in [-0.25, -0.2) is 0 Å². The van der Waals surface area contributed by atoms with Gasteiger partial charge in [-0.3, -0.25) is 0 Å². The van der Waals surface area contributed by atoms with Gasteiger partial charge in [-0.15, -0.1) is 0 Å². The fourth-order valence-corrected chi connectivity index (χ4v) is 1.60. The Bertz CT molecular complexity index is 97.2. The van der Waals surface area contributed by atoms with Gasteiger partial charge in [0.1, 0.15) is 0 Å². The molecule has 1 aliphatic rings. The van der Waals surface area contributed by atoms with Crippen molar-refractivity contribution in [1.29, 1.82) is 0 Å². The van der Waals surface area contributed by atoms with Crippen molar-refractivity contribution in [1.82, 2.24) is 8.78 Å². The van der Waals surface area contributed by atoms with Gasteiger partial charge in [0.25, 0.3) is 0 Å².